The van der Waals surface area contributed by atoms with Gasteiger partial charge in [0.15, 0.2) is 0 Å². The van der Waals surface area contributed by atoms with Gasteiger partial charge in [-0.25, -0.2) is 0 Å². The van der Waals surface area contributed by atoms with E-state index in [1.54, 1.807) is 0 Å². The van der Waals surface area contributed by atoms with Gasteiger partial charge in [-0.3, -0.25) is 9.69 Å². The van der Waals surface area contributed by atoms with E-state index in [0.29, 0.717) is 11.9 Å². The fourth-order valence-electron chi connectivity index (χ4n) is 5.14. The van der Waals surface area contributed by atoms with Crippen LogP contribution in [0, 0.1) is 5.92 Å². The van der Waals surface area contributed by atoms with Crippen LogP contribution in [0.25, 0.3) is 6.08 Å². The molecule has 5 heteroatoms. The largest absolute Gasteiger partial charge is 0.342 e. The molecule has 1 aromatic carbocycles. The summed E-state index contributed by atoms with van der Waals surface area (Å²) in [6.45, 7) is 7.20. The van der Waals surface area contributed by atoms with Crippen LogP contribution in [-0.4, -0.2) is 72.5 Å². The van der Waals surface area contributed by atoms with E-state index in [0.717, 1.165) is 63.7 Å². The van der Waals surface area contributed by atoms with Crippen molar-refractivity contribution < 1.29 is 4.79 Å². The molecule has 0 unspecified atom stereocenters. The Bertz CT molecular complexity index is 685. The monoisotopic (exact) mass is 415 g/mol. The molecule has 0 aliphatic carbocycles. The van der Waals surface area contributed by atoms with Gasteiger partial charge in [-0.05, 0) is 63.3 Å². The minimum atomic E-state index is 0.270. The summed E-state index contributed by atoms with van der Waals surface area (Å²) >= 11 is 6.51. The number of benzene rings is 1. The molecule has 4 rings (SSSR count). The maximum Gasteiger partial charge on any atom is 0.225 e. The third-order valence-electron chi connectivity index (χ3n) is 6.87. The van der Waals surface area contributed by atoms with Crippen molar-refractivity contribution in [2.45, 2.75) is 44.6 Å². The predicted molar refractivity (Wildman–Crippen MR) is 120 cm³/mol. The maximum atomic E-state index is 12.6. The van der Waals surface area contributed by atoms with Gasteiger partial charge >= 0.3 is 0 Å². The van der Waals surface area contributed by atoms with Crippen LogP contribution >= 0.6 is 11.6 Å². The first-order valence-electron chi connectivity index (χ1n) is 11.4. The van der Waals surface area contributed by atoms with Gasteiger partial charge in [0, 0.05) is 49.7 Å². The second kappa shape index (κ2) is 10.1. The summed E-state index contributed by atoms with van der Waals surface area (Å²) in [5.41, 5.74) is 1.17. The van der Waals surface area contributed by atoms with Gasteiger partial charge < -0.3 is 9.80 Å². The molecule has 0 radical (unpaired) electrons. The zero-order chi connectivity index (χ0) is 20.1. The number of piperidine rings is 2. The molecule has 0 N–H and O–H groups in total. The van der Waals surface area contributed by atoms with Gasteiger partial charge in [0.25, 0.3) is 0 Å². The molecule has 3 fully saturated rings. The lowest BCUT2D eigenvalue weighted by molar-refractivity contribution is -0.136. The Morgan fingerprint density at radius 2 is 1.59 bits per heavy atom. The Labute approximate surface area is 180 Å². The Balaban J connectivity index is 1.19. The molecule has 1 aromatic rings. The lowest BCUT2D eigenvalue weighted by Crippen LogP contribution is -2.49. The molecule has 3 aliphatic rings. The fourth-order valence-corrected chi connectivity index (χ4v) is 5.43. The van der Waals surface area contributed by atoms with Gasteiger partial charge in [-0.1, -0.05) is 41.9 Å². The average molecular weight is 416 g/mol. The highest BCUT2D eigenvalue weighted by atomic mass is 35.5. The summed E-state index contributed by atoms with van der Waals surface area (Å²) in [6.07, 6.45) is 8.96. The van der Waals surface area contributed by atoms with E-state index in [9.17, 15) is 4.79 Å². The van der Waals surface area contributed by atoms with Crippen LogP contribution < -0.4 is 0 Å². The quantitative estimate of drug-likeness (QED) is 0.725. The van der Waals surface area contributed by atoms with Crippen molar-refractivity contribution in [1.29, 1.82) is 0 Å². The Kier molecular flexibility index (Phi) is 7.28. The Hall–Kier alpha value is -1.36. The molecule has 3 aliphatic heterocycles. The van der Waals surface area contributed by atoms with Crippen LogP contribution in [0.1, 0.15) is 44.1 Å². The van der Waals surface area contributed by atoms with Crippen molar-refractivity contribution in [3.8, 4) is 0 Å². The number of nitrogens with zero attached hydrogens (tertiary/aromatic N) is 3. The van der Waals surface area contributed by atoms with Crippen LogP contribution in [0.15, 0.2) is 35.4 Å². The maximum absolute atomic E-state index is 12.6. The van der Waals surface area contributed by atoms with E-state index >= 15 is 0 Å². The third-order valence-corrected chi connectivity index (χ3v) is 7.10. The molecule has 29 heavy (non-hydrogen) atoms. The molecule has 0 atom stereocenters. The topological polar surface area (TPSA) is 26.8 Å². The third kappa shape index (κ3) is 5.62. The minimum absolute atomic E-state index is 0.270. The first-order valence-corrected chi connectivity index (χ1v) is 11.7. The zero-order valence-electron chi connectivity index (χ0n) is 17.4. The van der Waals surface area contributed by atoms with Gasteiger partial charge in [0.2, 0.25) is 5.91 Å². The van der Waals surface area contributed by atoms with Crippen LogP contribution in [0.4, 0.5) is 0 Å². The Morgan fingerprint density at radius 1 is 0.931 bits per heavy atom. The van der Waals surface area contributed by atoms with Gasteiger partial charge in [-0.15, -0.1) is 0 Å². The van der Waals surface area contributed by atoms with E-state index in [4.69, 9.17) is 11.6 Å². The molecule has 0 bridgehead atoms. The Morgan fingerprint density at radius 3 is 2.24 bits per heavy atom. The standard InChI is InChI=1S/C24H34ClN3O/c25-22(18-20-6-2-1-3-7-20)19-26-14-10-23(11-15-26)27-16-8-21(9-17-27)24(29)28-12-4-5-13-28/h1-3,6-7,18,21,23H,4-5,8-17,19H2. The number of hydrogen-bond donors (Lipinski definition) is 0. The number of amides is 1. The predicted octanol–water partition coefficient (Wildman–Crippen LogP) is 4.07. The van der Waals surface area contributed by atoms with Crippen molar-refractivity contribution in [2.24, 2.45) is 5.92 Å². The molecule has 1 amide bonds. The summed E-state index contributed by atoms with van der Waals surface area (Å²) < 4.78 is 0. The van der Waals surface area contributed by atoms with Crippen molar-refractivity contribution >= 4 is 23.6 Å². The lowest BCUT2D eigenvalue weighted by Gasteiger charge is -2.42. The van der Waals surface area contributed by atoms with Crippen molar-refractivity contribution in [3.63, 3.8) is 0 Å². The van der Waals surface area contributed by atoms with E-state index in [1.807, 2.05) is 18.2 Å². The molecule has 0 aromatic heterocycles. The van der Waals surface area contributed by atoms with Crippen molar-refractivity contribution in [1.82, 2.24) is 14.7 Å². The summed E-state index contributed by atoms with van der Waals surface area (Å²) in [5.74, 6) is 0.697. The van der Waals surface area contributed by atoms with Crippen molar-refractivity contribution in [2.75, 3.05) is 45.8 Å². The second-order valence-corrected chi connectivity index (χ2v) is 9.34. The zero-order valence-corrected chi connectivity index (χ0v) is 18.2. The summed E-state index contributed by atoms with van der Waals surface area (Å²) in [7, 11) is 0. The van der Waals surface area contributed by atoms with Crippen LogP contribution in [0.3, 0.4) is 0 Å². The molecule has 3 saturated heterocycles. The van der Waals surface area contributed by atoms with E-state index < -0.39 is 0 Å². The van der Waals surface area contributed by atoms with Gasteiger partial charge in [-0.2, -0.15) is 0 Å². The van der Waals surface area contributed by atoms with Crippen LogP contribution in [0.5, 0.6) is 0 Å². The van der Waals surface area contributed by atoms with Crippen molar-refractivity contribution in [3.05, 3.63) is 40.9 Å². The smallest absolute Gasteiger partial charge is 0.225 e. The number of rotatable bonds is 5. The van der Waals surface area contributed by atoms with E-state index in [2.05, 4.69) is 32.9 Å². The average Bonchev–Trinajstić information content (AvgIpc) is 3.29. The molecule has 4 nitrogen and oxygen atoms in total. The highest BCUT2D eigenvalue weighted by molar-refractivity contribution is 6.31. The summed E-state index contributed by atoms with van der Waals surface area (Å²) in [5, 5.41) is 0.913. The van der Waals surface area contributed by atoms with Gasteiger partial charge in [0.05, 0.1) is 0 Å². The fraction of sp³-hybridized carbons (Fsp3) is 0.625. The summed E-state index contributed by atoms with van der Waals surface area (Å²) in [6, 6.07) is 11.0. The molecule has 3 heterocycles. The number of likely N-dealkylation sites (tertiary alicyclic amines) is 3. The normalized spacial score (nSPS) is 23.6. The molecular weight excluding hydrogens is 382 g/mol. The first-order chi connectivity index (χ1) is 14.2. The number of halogens is 1. The summed E-state index contributed by atoms with van der Waals surface area (Å²) in [4.78, 5) is 19.9. The van der Waals surface area contributed by atoms with Gasteiger partial charge in [0.1, 0.15) is 0 Å². The molecular formula is C24H34ClN3O. The number of carbonyl (C=O) groups is 1. The SMILES string of the molecule is O=C(C1CCN(C2CCN(CC(Cl)=Cc3ccccc3)CC2)CC1)N1CCCC1. The van der Waals surface area contributed by atoms with E-state index in [1.165, 1.54) is 31.2 Å². The van der Waals surface area contributed by atoms with E-state index in [-0.39, 0.29) is 5.92 Å². The number of hydrogen-bond acceptors (Lipinski definition) is 3. The lowest BCUT2D eigenvalue weighted by atomic mass is 9.92. The second-order valence-electron chi connectivity index (χ2n) is 8.85. The first kappa shape index (κ1) is 20.9. The molecule has 0 saturated carbocycles. The highest BCUT2D eigenvalue weighted by Crippen LogP contribution is 2.26. The minimum Gasteiger partial charge on any atom is -0.342 e. The molecule has 158 valence electrons. The number of carbonyl (C=O) groups excluding carboxylic acids is 1. The van der Waals surface area contributed by atoms with Crippen LogP contribution in [-0.2, 0) is 4.79 Å². The molecule has 0 spiro atoms. The van der Waals surface area contributed by atoms with Crippen LogP contribution in [0.2, 0.25) is 0 Å². The highest BCUT2D eigenvalue weighted by Gasteiger charge is 2.33.